The number of hydrogen-bond acceptors (Lipinski definition) is 2. The molecule has 0 amide bonds. The molecule has 0 radical (unpaired) electrons. The Labute approximate surface area is 77.5 Å². The van der Waals surface area contributed by atoms with Crippen molar-refractivity contribution in [1.82, 2.24) is 4.57 Å². The Morgan fingerprint density at radius 3 is 3.15 bits per heavy atom. The van der Waals surface area contributed by atoms with Crippen molar-refractivity contribution in [3.8, 4) is 0 Å². The molecule has 0 aromatic carbocycles. The molecule has 70 valence electrons. The van der Waals surface area contributed by atoms with E-state index in [0.29, 0.717) is 11.6 Å². The van der Waals surface area contributed by atoms with Crippen LogP contribution in [0, 0.1) is 5.41 Å². The van der Waals surface area contributed by atoms with Gasteiger partial charge in [0.15, 0.2) is 0 Å². The van der Waals surface area contributed by atoms with Gasteiger partial charge >= 0.3 is 0 Å². The van der Waals surface area contributed by atoms with Crippen molar-refractivity contribution >= 4 is 0 Å². The number of aromatic nitrogens is 1. The summed E-state index contributed by atoms with van der Waals surface area (Å²) in [5.74, 6) is 0. The van der Waals surface area contributed by atoms with Crippen LogP contribution in [0.1, 0.15) is 12.8 Å². The van der Waals surface area contributed by atoms with E-state index in [4.69, 9.17) is 10.1 Å². The second-order valence-electron chi connectivity index (χ2n) is 3.37. The standard InChI is InChI=1S/C10H14N2O/c11-10-5-1-2-6-12(10)8-9-4-3-7-13-9/h1-2,5-6,9,11H,3-4,7-8H2. The van der Waals surface area contributed by atoms with Gasteiger partial charge in [0.1, 0.15) is 5.49 Å². The fourth-order valence-corrected chi connectivity index (χ4v) is 1.64. The van der Waals surface area contributed by atoms with E-state index in [1.54, 1.807) is 6.07 Å². The van der Waals surface area contributed by atoms with Crippen LogP contribution < -0.4 is 5.49 Å². The third kappa shape index (κ3) is 1.98. The normalized spacial score (nSPS) is 22.0. The Kier molecular flexibility index (Phi) is 2.45. The van der Waals surface area contributed by atoms with Gasteiger partial charge in [-0.2, -0.15) is 0 Å². The number of nitrogens with one attached hydrogen (secondary N) is 1. The average Bonchev–Trinajstić information content (AvgIpc) is 2.61. The second kappa shape index (κ2) is 3.75. The molecule has 0 bridgehead atoms. The quantitative estimate of drug-likeness (QED) is 0.724. The molecule has 0 saturated carbocycles. The van der Waals surface area contributed by atoms with Crippen molar-refractivity contribution in [2.75, 3.05) is 6.61 Å². The monoisotopic (exact) mass is 178 g/mol. The lowest BCUT2D eigenvalue weighted by molar-refractivity contribution is 0.0958. The Morgan fingerprint density at radius 1 is 1.54 bits per heavy atom. The highest BCUT2D eigenvalue weighted by molar-refractivity contribution is 4.91. The number of rotatable bonds is 2. The van der Waals surface area contributed by atoms with Gasteiger partial charge in [0, 0.05) is 12.8 Å². The summed E-state index contributed by atoms with van der Waals surface area (Å²) in [6.07, 6.45) is 4.54. The lowest BCUT2D eigenvalue weighted by Crippen LogP contribution is -2.24. The van der Waals surface area contributed by atoms with Crippen LogP contribution in [0.25, 0.3) is 0 Å². The van der Waals surface area contributed by atoms with Crippen molar-refractivity contribution in [1.29, 1.82) is 5.41 Å². The maximum absolute atomic E-state index is 7.64. The van der Waals surface area contributed by atoms with Gasteiger partial charge in [-0.3, -0.25) is 5.41 Å². The first-order valence-corrected chi connectivity index (χ1v) is 4.68. The summed E-state index contributed by atoms with van der Waals surface area (Å²) in [4.78, 5) is 0. The second-order valence-corrected chi connectivity index (χ2v) is 3.37. The van der Waals surface area contributed by atoms with Gasteiger partial charge in [0.25, 0.3) is 0 Å². The van der Waals surface area contributed by atoms with E-state index in [-0.39, 0.29) is 0 Å². The Balaban J connectivity index is 2.08. The minimum Gasteiger partial charge on any atom is -0.376 e. The van der Waals surface area contributed by atoms with E-state index >= 15 is 0 Å². The number of pyridine rings is 1. The number of hydrogen-bond donors (Lipinski definition) is 1. The molecule has 0 aliphatic carbocycles. The third-order valence-electron chi connectivity index (χ3n) is 2.36. The molecule has 1 unspecified atom stereocenters. The number of ether oxygens (including phenoxy) is 1. The van der Waals surface area contributed by atoms with Gasteiger partial charge in [-0.05, 0) is 25.0 Å². The molecule has 1 fully saturated rings. The molecular weight excluding hydrogens is 164 g/mol. The summed E-state index contributed by atoms with van der Waals surface area (Å²) in [5.41, 5.74) is 0.554. The molecule has 1 aliphatic rings. The van der Waals surface area contributed by atoms with Crippen LogP contribution in [0.5, 0.6) is 0 Å². The fraction of sp³-hybridized carbons (Fsp3) is 0.500. The van der Waals surface area contributed by atoms with Crippen LogP contribution in [0.3, 0.4) is 0 Å². The highest BCUT2D eigenvalue weighted by atomic mass is 16.5. The molecule has 13 heavy (non-hydrogen) atoms. The summed E-state index contributed by atoms with van der Waals surface area (Å²) in [6, 6.07) is 5.64. The lowest BCUT2D eigenvalue weighted by Gasteiger charge is -2.11. The Bertz CT molecular complexity index is 326. The van der Waals surface area contributed by atoms with Crippen molar-refractivity contribution in [3.05, 3.63) is 29.9 Å². The minimum atomic E-state index is 0.316. The van der Waals surface area contributed by atoms with Gasteiger partial charge in [-0.1, -0.05) is 6.07 Å². The zero-order valence-corrected chi connectivity index (χ0v) is 7.57. The van der Waals surface area contributed by atoms with E-state index in [1.807, 2.05) is 22.9 Å². The average molecular weight is 178 g/mol. The molecule has 1 N–H and O–H groups in total. The molecule has 3 heteroatoms. The smallest absolute Gasteiger partial charge is 0.124 e. The predicted molar refractivity (Wildman–Crippen MR) is 49.3 cm³/mol. The van der Waals surface area contributed by atoms with Crippen LogP contribution in [-0.2, 0) is 11.3 Å². The van der Waals surface area contributed by atoms with Crippen molar-refractivity contribution in [2.45, 2.75) is 25.5 Å². The third-order valence-corrected chi connectivity index (χ3v) is 2.36. The van der Waals surface area contributed by atoms with Crippen molar-refractivity contribution in [3.63, 3.8) is 0 Å². The molecule has 1 saturated heterocycles. The summed E-state index contributed by atoms with van der Waals surface area (Å²) < 4.78 is 7.43. The first-order valence-electron chi connectivity index (χ1n) is 4.68. The van der Waals surface area contributed by atoms with E-state index < -0.39 is 0 Å². The van der Waals surface area contributed by atoms with Crippen LogP contribution in [-0.4, -0.2) is 17.3 Å². The SMILES string of the molecule is N=c1ccccn1CC1CCCO1. The van der Waals surface area contributed by atoms with Crippen molar-refractivity contribution in [2.24, 2.45) is 0 Å². The lowest BCUT2D eigenvalue weighted by atomic mass is 10.2. The van der Waals surface area contributed by atoms with E-state index in [1.165, 1.54) is 0 Å². The first kappa shape index (κ1) is 8.51. The maximum atomic E-state index is 7.64. The first-order chi connectivity index (χ1) is 6.36. The van der Waals surface area contributed by atoms with E-state index in [2.05, 4.69) is 0 Å². The van der Waals surface area contributed by atoms with Gasteiger partial charge in [-0.15, -0.1) is 0 Å². The molecule has 2 rings (SSSR count). The van der Waals surface area contributed by atoms with Gasteiger partial charge in [0.2, 0.25) is 0 Å². The summed E-state index contributed by atoms with van der Waals surface area (Å²) >= 11 is 0. The molecule has 1 aromatic rings. The summed E-state index contributed by atoms with van der Waals surface area (Å²) in [7, 11) is 0. The van der Waals surface area contributed by atoms with Gasteiger partial charge in [-0.25, -0.2) is 0 Å². The zero-order chi connectivity index (χ0) is 9.10. The predicted octanol–water partition coefficient (Wildman–Crippen LogP) is 1.15. The molecule has 1 atom stereocenters. The zero-order valence-electron chi connectivity index (χ0n) is 7.57. The molecule has 0 spiro atoms. The Hall–Kier alpha value is -1.09. The summed E-state index contributed by atoms with van der Waals surface area (Å²) in [6.45, 7) is 1.70. The topological polar surface area (TPSA) is 38.0 Å². The van der Waals surface area contributed by atoms with Crippen molar-refractivity contribution < 1.29 is 4.74 Å². The van der Waals surface area contributed by atoms with E-state index in [0.717, 1.165) is 26.0 Å². The molecule has 1 aliphatic heterocycles. The van der Waals surface area contributed by atoms with Crippen LogP contribution in [0.2, 0.25) is 0 Å². The highest BCUT2D eigenvalue weighted by Crippen LogP contribution is 2.12. The maximum Gasteiger partial charge on any atom is 0.124 e. The van der Waals surface area contributed by atoms with Gasteiger partial charge in [0.05, 0.1) is 12.6 Å². The molecular formula is C10H14N2O. The minimum absolute atomic E-state index is 0.316. The van der Waals surface area contributed by atoms with Crippen LogP contribution in [0.15, 0.2) is 24.4 Å². The molecule has 2 heterocycles. The highest BCUT2D eigenvalue weighted by Gasteiger charge is 2.15. The summed E-state index contributed by atoms with van der Waals surface area (Å²) in [5, 5.41) is 7.64. The fourth-order valence-electron chi connectivity index (χ4n) is 1.64. The Morgan fingerprint density at radius 2 is 2.46 bits per heavy atom. The number of nitrogens with zero attached hydrogens (tertiary/aromatic N) is 1. The van der Waals surface area contributed by atoms with E-state index in [9.17, 15) is 0 Å². The largest absolute Gasteiger partial charge is 0.376 e. The van der Waals surface area contributed by atoms with Gasteiger partial charge < -0.3 is 9.30 Å². The molecule has 1 aromatic heterocycles. The van der Waals surface area contributed by atoms with Crippen LogP contribution in [0.4, 0.5) is 0 Å². The molecule has 3 nitrogen and oxygen atoms in total. The van der Waals surface area contributed by atoms with Crippen LogP contribution >= 0.6 is 0 Å².